The minimum atomic E-state index is -3.82. The van der Waals surface area contributed by atoms with Gasteiger partial charge in [0, 0.05) is 40.4 Å². The Morgan fingerprint density at radius 2 is 1.97 bits per heavy atom. The molecule has 7 nitrogen and oxygen atoms in total. The highest BCUT2D eigenvalue weighted by Crippen LogP contribution is 2.48. The number of ether oxygens (including phenoxy) is 2. The zero-order valence-electron chi connectivity index (χ0n) is 15.2. The maximum atomic E-state index is 13.6. The number of nitrogens with zero attached hydrogens (tertiary/aromatic N) is 1. The van der Waals surface area contributed by atoms with Crippen LogP contribution in [-0.2, 0) is 14.8 Å². The van der Waals surface area contributed by atoms with Crippen molar-refractivity contribution in [2.45, 2.75) is 23.7 Å². The third kappa shape index (κ3) is 2.92. The molecule has 0 fully saturated rings. The van der Waals surface area contributed by atoms with E-state index in [9.17, 15) is 13.2 Å². The summed E-state index contributed by atoms with van der Waals surface area (Å²) in [6.45, 7) is 0.276. The number of benzene rings is 2. The molecule has 0 spiro atoms. The van der Waals surface area contributed by atoms with Crippen LogP contribution in [0, 0.1) is 0 Å². The van der Waals surface area contributed by atoms with Crippen molar-refractivity contribution in [3.63, 3.8) is 0 Å². The molecule has 5 rings (SSSR count). The van der Waals surface area contributed by atoms with E-state index in [2.05, 4.69) is 0 Å². The van der Waals surface area contributed by atoms with Gasteiger partial charge in [0.2, 0.25) is 6.79 Å². The van der Waals surface area contributed by atoms with Crippen molar-refractivity contribution >= 4 is 43.1 Å². The zero-order chi connectivity index (χ0) is 20.2. The Hall–Kier alpha value is -2.78. The summed E-state index contributed by atoms with van der Waals surface area (Å²) in [7, 11) is -3.82. The zero-order valence-corrected chi connectivity index (χ0v) is 16.8. The van der Waals surface area contributed by atoms with Crippen LogP contribution in [0.15, 0.2) is 46.7 Å². The highest BCUT2D eigenvalue weighted by Gasteiger charge is 2.39. The summed E-state index contributed by atoms with van der Waals surface area (Å²) in [5.41, 5.74) is 1.30. The van der Waals surface area contributed by atoms with Crippen molar-refractivity contribution < 1.29 is 27.8 Å². The number of anilines is 1. The number of hydrogen-bond donors (Lipinski definition) is 1. The Morgan fingerprint density at radius 1 is 1.21 bits per heavy atom. The molecule has 0 saturated carbocycles. The maximum Gasteiger partial charge on any atom is 0.303 e. The lowest BCUT2D eigenvalue weighted by Crippen LogP contribution is -2.30. The van der Waals surface area contributed by atoms with E-state index in [1.54, 1.807) is 23.6 Å². The number of carboxylic acid groups (broad SMARTS) is 1. The first-order valence-corrected chi connectivity index (χ1v) is 11.4. The monoisotopic (exact) mass is 431 g/mol. The molecule has 0 radical (unpaired) electrons. The Bertz CT molecular complexity index is 1230. The van der Waals surface area contributed by atoms with E-state index in [1.807, 2.05) is 18.2 Å². The molecule has 29 heavy (non-hydrogen) atoms. The molecular weight excluding hydrogens is 414 g/mol. The molecule has 3 heterocycles. The van der Waals surface area contributed by atoms with Crippen LogP contribution < -0.4 is 13.8 Å². The Morgan fingerprint density at radius 3 is 2.76 bits per heavy atom. The van der Waals surface area contributed by atoms with Gasteiger partial charge in [0.25, 0.3) is 10.0 Å². The van der Waals surface area contributed by atoms with Gasteiger partial charge in [0.15, 0.2) is 11.5 Å². The van der Waals surface area contributed by atoms with Crippen LogP contribution in [0.25, 0.3) is 10.1 Å². The molecule has 1 unspecified atom stereocenters. The largest absolute Gasteiger partial charge is 0.481 e. The molecule has 0 bridgehead atoms. The summed E-state index contributed by atoms with van der Waals surface area (Å²) in [6, 6.07) is 10.9. The standard InChI is InChI=1S/C20H17NO6S2/c22-20(23)6-5-12-9-21(15-8-17-16(7-14(12)15)26-11-27-17)29(24,25)19-10-28-18-4-2-1-3-13(18)19/h1-4,7-8,10,12H,5-6,9,11H2,(H,22,23). The fourth-order valence-corrected chi connectivity index (χ4v) is 6.94. The SMILES string of the molecule is O=C(O)CCC1CN(S(=O)(=O)c2csc3ccccc23)c2cc3c(cc21)OCO3. The first-order chi connectivity index (χ1) is 13.9. The predicted octanol–water partition coefficient (Wildman–Crippen LogP) is 3.79. The third-order valence-corrected chi connectivity index (χ3v) is 8.27. The summed E-state index contributed by atoms with van der Waals surface area (Å²) in [6.07, 6.45) is 0.312. The number of thiophene rings is 1. The fourth-order valence-electron chi connectivity index (χ4n) is 3.93. The molecule has 0 aliphatic carbocycles. The highest BCUT2D eigenvalue weighted by molar-refractivity contribution is 7.93. The van der Waals surface area contributed by atoms with Crippen molar-refractivity contribution in [2.24, 2.45) is 0 Å². The Balaban J connectivity index is 1.61. The van der Waals surface area contributed by atoms with Gasteiger partial charge in [0.05, 0.1) is 5.69 Å². The van der Waals surface area contributed by atoms with Crippen molar-refractivity contribution in [2.75, 3.05) is 17.6 Å². The molecule has 1 atom stereocenters. The molecule has 1 N–H and O–H groups in total. The van der Waals surface area contributed by atoms with Gasteiger partial charge in [-0.1, -0.05) is 18.2 Å². The van der Waals surface area contributed by atoms with Gasteiger partial charge in [-0.15, -0.1) is 11.3 Å². The molecule has 150 valence electrons. The van der Waals surface area contributed by atoms with Crippen LogP contribution in [0.3, 0.4) is 0 Å². The molecule has 2 aliphatic heterocycles. The van der Waals surface area contributed by atoms with Gasteiger partial charge in [-0.25, -0.2) is 8.42 Å². The van der Waals surface area contributed by atoms with E-state index in [4.69, 9.17) is 14.6 Å². The normalized spacial score (nSPS) is 17.7. The van der Waals surface area contributed by atoms with Crippen LogP contribution in [-0.4, -0.2) is 32.8 Å². The van der Waals surface area contributed by atoms with Gasteiger partial charge in [-0.2, -0.15) is 0 Å². The van der Waals surface area contributed by atoms with E-state index in [1.165, 1.54) is 15.6 Å². The van der Waals surface area contributed by atoms with Gasteiger partial charge >= 0.3 is 5.97 Å². The molecule has 2 aliphatic rings. The number of rotatable bonds is 5. The molecule has 0 amide bonds. The average Bonchev–Trinajstić information content (AvgIpc) is 3.41. The van der Waals surface area contributed by atoms with Crippen molar-refractivity contribution in [3.8, 4) is 11.5 Å². The van der Waals surface area contributed by atoms with E-state index in [0.29, 0.717) is 29.0 Å². The Labute approximate surface area is 171 Å². The second-order valence-corrected chi connectivity index (χ2v) is 9.77. The maximum absolute atomic E-state index is 13.6. The minimum Gasteiger partial charge on any atom is -0.481 e. The fraction of sp³-hybridized carbons (Fsp3) is 0.250. The van der Waals surface area contributed by atoms with Gasteiger partial charge in [-0.3, -0.25) is 9.10 Å². The number of sulfonamides is 1. The van der Waals surface area contributed by atoms with Crippen LogP contribution in [0.4, 0.5) is 5.69 Å². The second kappa shape index (κ2) is 6.64. The smallest absolute Gasteiger partial charge is 0.303 e. The highest BCUT2D eigenvalue weighted by atomic mass is 32.2. The van der Waals surface area contributed by atoms with Gasteiger partial charge in [0.1, 0.15) is 4.90 Å². The average molecular weight is 431 g/mol. The molecular formula is C20H17NO6S2. The lowest BCUT2D eigenvalue weighted by molar-refractivity contribution is -0.137. The first kappa shape index (κ1) is 18.3. The Kier molecular flexibility index (Phi) is 4.18. The number of fused-ring (bicyclic) bond motifs is 3. The first-order valence-electron chi connectivity index (χ1n) is 9.09. The number of carboxylic acids is 1. The van der Waals surface area contributed by atoms with Crippen LogP contribution in [0.2, 0.25) is 0 Å². The summed E-state index contributed by atoms with van der Waals surface area (Å²) in [5.74, 6) is -0.0741. The predicted molar refractivity (Wildman–Crippen MR) is 109 cm³/mol. The number of carbonyl (C=O) groups is 1. The molecule has 3 aromatic rings. The third-order valence-electron chi connectivity index (χ3n) is 5.34. The lowest BCUT2D eigenvalue weighted by atomic mass is 9.96. The van der Waals surface area contributed by atoms with Crippen LogP contribution >= 0.6 is 11.3 Å². The summed E-state index contributed by atoms with van der Waals surface area (Å²) < 4.78 is 40.4. The summed E-state index contributed by atoms with van der Waals surface area (Å²) in [5, 5.41) is 11.4. The van der Waals surface area contributed by atoms with E-state index >= 15 is 0 Å². The van der Waals surface area contributed by atoms with Gasteiger partial charge < -0.3 is 14.6 Å². The van der Waals surface area contributed by atoms with Crippen LogP contribution in [0.1, 0.15) is 24.3 Å². The van der Waals surface area contributed by atoms with E-state index < -0.39 is 16.0 Å². The lowest BCUT2D eigenvalue weighted by Gasteiger charge is -2.20. The van der Waals surface area contributed by atoms with E-state index in [0.717, 1.165) is 10.3 Å². The molecule has 0 saturated heterocycles. The quantitative estimate of drug-likeness (QED) is 0.661. The summed E-state index contributed by atoms with van der Waals surface area (Å²) >= 11 is 1.39. The van der Waals surface area contributed by atoms with Crippen molar-refractivity contribution in [1.82, 2.24) is 0 Å². The molecule has 9 heteroatoms. The van der Waals surface area contributed by atoms with Gasteiger partial charge in [-0.05, 0) is 24.1 Å². The topological polar surface area (TPSA) is 93.1 Å². The van der Waals surface area contributed by atoms with Crippen molar-refractivity contribution in [3.05, 3.63) is 47.3 Å². The van der Waals surface area contributed by atoms with Crippen LogP contribution in [0.5, 0.6) is 11.5 Å². The number of aliphatic carboxylic acids is 1. The molecule has 2 aromatic carbocycles. The molecule has 1 aromatic heterocycles. The summed E-state index contributed by atoms with van der Waals surface area (Å²) in [4.78, 5) is 11.4. The van der Waals surface area contributed by atoms with E-state index in [-0.39, 0.29) is 30.6 Å². The second-order valence-electron chi connectivity index (χ2n) is 7.03. The minimum absolute atomic E-state index is 0.0339. The number of hydrogen-bond acceptors (Lipinski definition) is 6. The van der Waals surface area contributed by atoms with Crippen molar-refractivity contribution in [1.29, 1.82) is 0 Å².